The maximum Gasteiger partial charge on any atom is 0.255 e. The number of thiophene rings is 1. The third kappa shape index (κ3) is 4.57. The summed E-state index contributed by atoms with van der Waals surface area (Å²) in [6.07, 6.45) is 1.55. The Bertz CT molecular complexity index is 1180. The molecule has 31 heavy (non-hydrogen) atoms. The molecule has 1 aliphatic heterocycles. The fourth-order valence-electron chi connectivity index (χ4n) is 3.35. The maximum absolute atomic E-state index is 12.7. The number of morpholine rings is 1. The number of carbonyl (C=O) groups is 1. The van der Waals surface area contributed by atoms with Crippen molar-refractivity contribution < 1.29 is 17.9 Å². The molecule has 0 aliphatic carbocycles. The van der Waals surface area contributed by atoms with Crippen LogP contribution in [0.1, 0.15) is 26.5 Å². The Morgan fingerprint density at radius 1 is 1.13 bits per heavy atom. The number of nitrogens with one attached hydrogen (secondary N) is 1. The van der Waals surface area contributed by atoms with Gasteiger partial charge in [-0.15, -0.1) is 11.3 Å². The molecule has 0 unspecified atom stereocenters. The van der Waals surface area contributed by atoms with Gasteiger partial charge in [-0.1, -0.05) is 17.7 Å². The minimum absolute atomic E-state index is 0.247. The van der Waals surface area contributed by atoms with Crippen molar-refractivity contribution in [2.24, 2.45) is 0 Å². The van der Waals surface area contributed by atoms with Crippen LogP contribution < -0.4 is 5.32 Å². The quantitative estimate of drug-likeness (QED) is 0.610. The first-order valence-corrected chi connectivity index (χ1v) is 12.2. The van der Waals surface area contributed by atoms with Crippen LogP contribution >= 0.6 is 11.3 Å². The highest BCUT2D eigenvalue weighted by Crippen LogP contribution is 2.25. The van der Waals surface area contributed by atoms with Gasteiger partial charge < -0.3 is 10.1 Å². The lowest BCUT2D eigenvalue weighted by atomic mass is 10.2. The number of amides is 1. The molecule has 8 nitrogen and oxygen atoms in total. The minimum atomic E-state index is -3.52. The molecule has 0 spiro atoms. The summed E-state index contributed by atoms with van der Waals surface area (Å²) in [6.45, 7) is 5.64. The molecule has 1 fully saturated rings. The predicted molar refractivity (Wildman–Crippen MR) is 118 cm³/mol. The second-order valence-electron chi connectivity index (χ2n) is 7.31. The summed E-state index contributed by atoms with van der Waals surface area (Å²) < 4.78 is 34.2. The van der Waals surface area contributed by atoms with E-state index in [4.69, 9.17) is 4.74 Å². The van der Waals surface area contributed by atoms with Crippen molar-refractivity contribution in [2.45, 2.75) is 24.6 Å². The topological polar surface area (TPSA) is 93.5 Å². The molecule has 1 aliphatic rings. The summed E-state index contributed by atoms with van der Waals surface area (Å²) >= 11 is 1.17. The average molecular weight is 461 g/mol. The van der Waals surface area contributed by atoms with Crippen LogP contribution in [0.15, 0.2) is 46.8 Å². The van der Waals surface area contributed by atoms with Gasteiger partial charge in [0.25, 0.3) is 15.9 Å². The van der Waals surface area contributed by atoms with Crippen LogP contribution in [0.3, 0.4) is 0 Å². The number of benzene rings is 1. The number of rotatable bonds is 6. The molecule has 2 aromatic heterocycles. The minimum Gasteiger partial charge on any atom is -0.379 e. The molecule has 0 atom stereocenters. The fourth-order valence-corrected chi connectivity index (χ4v) is 6.21. The van der Waals surface area contributed by atoms with Crippen molar-refractivity contribution in [3.05, 3.63) is 64.3 Å². The van der Waals surface area contributed by atoms with E-state index >= 15 is 0 Å². The summed E-state index contributed by atoms with van der Waals surface area (Å²) in [6, 6.07) is 11.2. The van der Waals surface area contributed by atoms with Gasteiger partial charge in [0.1, 0.15) is 4.21 Å². The number of ether oxygens (including phenoxy) is 1. The van der Waals surface area contributed by atoms with E-state index in [2.05, 4.69) is 10.4 Å². The SMILES string of the molecule is Cc1ccc(-n2ncc(C(=O)NCc3ccc(S(=O)(=O)N4CCOCC4)s3)c2C)cc1. The number of aryl methyl sites for hydroxylation is 1. The van der Waals surface area contributed by atoms with Crippen LogP contribution in [-0.4, -0.2) is 54.7 Å². The molecule has 1 aromatic carbocycles. The molecule has 0 saturated carbocycles. The van der Waals surface area contributed by atoms with Crippen LogP contribution in [0.4, 0.5) is 0 Å². The van der Waals surface area contributed by atoms with Gasteiger partial charge in [-0.2, -0.15) is 9.40 Å². The van der Waals surface area contributed by atoms with Crippen molar-refractivity contribution in [3.63, 3.8) is 0 Å². The molecule has 1 saturated heterocycles. The van der Waals surface area contributed by atoms with E-state index < -0.39 is 10.0 Å². The Balaban J connectivity index is 1.42. The third-order valence-corrected chi connectivity index (χ3v) is 8.61. The van der Waals surface area contributed by atoms with E-state index in [9.17, 15) is 13.2 Å². The molecule has 4 rings (SSSR count). The fraction of sp³-hybridized carbons (Fsp3) is 0.333. The molecule has 164 valence electrons. The lowest BCUT2D eigenvalue weighted by molar-refractivity contribution is 0.0731. The Morgan fingerprint density at radius 2 is 1.84 bits per heavy atom. The summed E-state index contributed by atoms with van der Waals surface area (Å²) in [5.74, 6) is -0.248. The highest BCUT2D eigenvalue weighted by molar-refractivity contribution is 7.91. The van der Waals surface area contributed by atoms with E-state index in [-0.39, 0.29) is 16.7 Å². The zero-order chi connectivity index (χ0) is 22.0. The second kappa shape index (κ2) is 8.91. The molecule has 10 heteroatoms. The van der Waals surface area contributed by atoms with Crippen molar-refractivity contribution in [2.75, 3.05) is 26.3 Å². The van der Waals surface area contributed by atoms with Gasteiger partial charge in [-0.05, 0) is 38.1 Å². The molecular weight excluding hydrogens is 436 g/mol. The number of hydrogen-bond donors (Lipinski definition) is 1. The summed E-state index contributed by atoms with van der Waals surface area (Å²) in [7, 11) is -3.52. The van der Waals surface area contributed by atoms with E-state index in [1.165, 1.54) is 15.6 Å². The highest BCUT2D eigenvalue weighted by atomic mass is 32.2. The Morgan fingerprint density at radius 3 is 2.55 bits per heavy atom. The molecule has 0 bridgehead atoms. The van der Waals surface area contributed by atoms with Crippen molar-refractivity contribution in [3.8, 4) is 5.69 Å². The van der Waals surface area contributed by atoms with Gasteiger partial charge in [-0.25, -0.2) is 13.1 Å². The number of nitrogens with zero attached hydrogens (tertiary/aromatic N) is 3. The predicted octanol–water partition coefficient (Wildman–Crippen LogP) is 2.50. The molecule has 0 radical (unpaired) electrons. The van der Waals surface area contributed by atoms with Crippen LogP contribution in [0.25, 0.3) is 5.69 Å². The Hall–Kier alpha value is -2.53. The molecule has 3 heterocycles. The van der Waals surface area contributed by atoms with E-state index in [0.29, 0.717) is 31.9 Å². The molecule has 3 aromatic rings. The van der Waals surface area contributed by atoms with Crippen molar-refractivity contribution in [1.29, 1.82) is 0 Å². The van der Waals surface area contributed by atoms with Gasteiger partial charge in [0.15, 0.2) is 0 Å². The number of hydrogen-bond acceptors (Lipinski definition) is 6. The van der Waals surface area contributed by atoms with E-state index in [1.807, 2.05) is 38.1 Å². The van der Waals surface area contributed by atoms with Crippen LogP contribution in [0, 0.1) is 13.8 Å². The molecule has 1 amide bonds. The smallest absolute Gasteiger partial charge is 0.255 e. The van der Waals surface area contributed by atoms with Crippen LogP contribution in [0.2, 0.25) is 0 Å². The summed E-state index contributed by atoms with van der Waals surface area (Å²) in [5.41, 5.74) is 3.26. The lowest BCUT2D eigenvalue weighted by Gasteiger charge is -2.25. The van der Waals surface area contributed by atoms with E-state index in [0.717, 1.165) is 21.8 Å². The average Bonchev–Trinajstić information content (AvgIpc) is 3.41. The molecule has 1 N–H and O–H groups in total. The normalized spacial score (nSPS) is 15.2. The van der Waals surface area contributed by atoms with Gasteiger partial charge in [0.2, 0.25) is 0 Å². The largest absolute Gasteiger partial charge is 0.379 e. The Labute approximate surface area is 185 Å². The lowest BCUT2D eigenvalue weighted by Crippen LogP contribution is -2.40. The van der Waals surface area contributed by atoms with E-state index in [1.54, 1.807) is 23.0 Å². The van der Waals surface area contributed by atoms with Gasteiger partial charge in [-0.3, -0.25) is 4.79 Å². The number of aromatic nitrogens is 2. The second-order valence-corrected chi connectivity index (χ2v) is 10.6. The first-order valence-electron chi connectivity index (χ1n) is 9.93. The summed E-state index contributed by atoms with van der Waals surface area (Å²) in [4.78, 5) is 13.5. The number of carbonyl (C=O) groups excluding carboxylic acids is 1. The third-order valence-electron chi connectivity index (χ3n) is 5.16. The molecular formula is C21H24N4O4S2. The van der Waals surface area contributed by atoms with Gasteiger partial charge in [0, 0.05) is 18.0 Å². The maximum atomic E-state index is 12.7. The standard InChI is InChI=1S/C21H24N4O4S2/c1-15-3-5-17(6-4-15)25-16(2)19(14-23-25)21(26)22-13-18-7-8-20(30-18)31(27,28)24-9-11-29-12-10-24/h3-8,14H,9-13H2,1-2H3,(H,22,26). The van der Waals surface area contributed by atoms with Crippen molar-refractivity contribution in [1.82, 2.24) is 19.4 Å². The highest BCUT2D eigenvalue weighted by Gasteiger charge is 2.27. The number of sulfonamides is 1. The first kappa shape index (κ1) is 21.7. The van der Waals surface area contributed by atoms with Gasteiger partial charge >= 0.3 is 0 Å². The zero-order valence-corrected chi connectivity index (χ0v) is 19.0. The van der Waals surface area contributed by atoms with Crippen LogP contribution in [-0.2, 0) is 21.3 Å². The first-order chi connectivity index (χ1) is 14.9. The van der Waals surface area contributed by atoms with Gasteiger partial charge in [0.05, 0.1) is 42.9 Å². The summed E-state index contributed by atoms with van der Waals surface area (Å²) in [5, 5.41) is 7.21. The van der Waals surface area contributed by atoms with Crippen LogP contribution in [0.5, 0.6) is 0 Å². The Kier molecular flexibility index (Phi) is 6.24. The zero-order valence-electron chi connectivity index (χ0n) is 17.4. The monoisotopic (exact) mass is 460 g/mol. The van der Waals surface area contributed by atoms with Crippen molar-refractivity contribution >= 4 is 27.3 Å².